The number of hydrogen-bond donors (Lipinski definition) is 1. The fourth-order valence-electron chi connectivity index (χ4n) is 3.29. The van der Waals surface area contributed by atoms with E-state index in [0.717, 1.165) is 23.8 Å². The predicted molar refractivity (Wildman–Crippen MR) is 65.9 cm³/mol. The molecule has 0 amide bonds. The van der Waals surface area contributed by atoms with Gasteiger partial charge in [0.05, 0.1) is 0 Å². The topological polar surface area (TPSA) is 12.0 Å². The predicted octanol–water partition coefficient (Wildman–Crippen LogP) is 3.59. The van der Waals surface area contributed by atoms with Crippen LogP contribution in [0.2, 0.25) is 0 Å². The number of rotatable bonds is 5. The van der Waals surface area contributed by atoms with Crippen LogP contribution in [0.1, 0.15) is 58.8 Å². The first-order valence-electron chi connectivity index (χ1n) is 7.04. The number of hydrogen-bond acceptors (Lipinski definition) is 1. The van der Waals surface area contributed by atoms with E-state index in [2.05, 4.69) is 19.2 Å². The second-order valence-corrected chi connectivity index (χ2v) is 5.85. The molecule has 0 bridgehead atoms. The summed E-state index contributed by atoms with van der Waals surface area (Å²) in [6, 6.07) is 0.868. The Hall–Kier alpha value is -0.0400. The summed E-state index contributed by atoms with van der Waals surface area (Å²) in [5.74, 6) is 3.01. The van der Waals surface area contributed by atoms with Crippen molar-refractivity contribution in [2.75, 3.05) is 6.54 Å². The zero-order valence-electron chi connectivity index (χ0n) is 10.5. The van der Waals surface area contributed by atoms with Gasteiger partial charge in [-0.1, -0.05) is 26.7 Å². The molecular formula is C14H27N. The molecule has 0 aliphatic heterocycles. The minimum atomic E-state index is 0.868. The lowest BCUT2D eigenvalue weighted by Gasteiger charge is -2.34. The average Bonchev–Trinajstić information content (AvgIpc) is 3.03. The maximum Gasteiger partial charge on any atom is 0.0124 e. The van der Waals surface area contributed by atoms with Crippen LogP contribution in [0, 0.1) is 17.8 Å². The molecule has 0 aromatic heterocycles. The zero-order valence-corrected chi connectivity index (χ0v) is 10.5. The van der Waals surface area contributed by atoms with Crippen molar-refractivity contribution in [3.8, 4) is 0 Å². The smallest absolute Gasteiger partial charge is 0.0124 e. The summed E-state index contributed by atoms with van der Waals surface area (Å²) >= 11 is 0. The first-order valence-corrected chi connectivity index (χ1v) is 7.04. The van der Waals surface area contributed by atoms with Gasteiger partial charge in [0.1, 0.15) is 0 Å². The average molecular weight is 209 g/mol. The Balaban J connectivity index is 1.85. The SMILES string of the molecule is CCCNC(C1CC1)C1CCCC(C)C1. The molecule has 2 aliphatic rings. The molecule has 88 valence electrons. The van der Waals surface area contributed by atoms with E-state index in [4.69, 9.17) is 0 Å². The Labute approximate surface area is 95.0 Å². The van der Waals surface area contributed by atoms with Crippen LogP contribution in [0.5, 0.6) is 0 Å². The Bertz CT molecular complexity index is 186. The molecule has 2 fully saturated rings. The molecule has 0 aromatic carbocycles. The molecule has 2 rings (SSSR count). The van der Waals surface area contributed by atoms with E-state index in [1.165, 1.54) is 51.5 Å². The second kappa shape index (κ2) is 5.34. The van der Waals surface area contributed by atoms with Gasteiger partial charge < -0.3 is 5.32 Å². The van der Waals surface area contributed by atoms with Crippen LogP contribution in [-0.4, -0.2) is 12.6 Å². The molecule has 0 saturated heterocycles. The van der Waals surface area contributed by atoms with E-state index in [9.17, 15) is 0 Å². The van der Waals surface area contributed by atoms with Crippen LogP contribution in [0.15, 0.2) is 0 Å². The minimum absolute atomic E-state index is 0.868. The van der Waals surface area contributed by atoms with Crippen molar-refractivity contribution in [1.82, 2.24) is 5.32 Å². The van der Waals surface area contributed by atoms with Gasteiger partial charge >= 0.3 is 0 Å². The van der Waals surface area contributed by atoms with Gasteiger partial charge in [0, 0.05) is 6.04 Å². The fraction of sp³-hybridized carbons (Fsp3) is 1.00. The van der Waals surface area contributed by atoms with E-state index in [1.54, 1.807) is 0 Å². The van der Waals surface area contributed by atoms with Crippen molar-refractivity contribution in [2.24, 2.45) is 17.8 Å². The first-order chi connectivity index (χ1) is 7.31. The zero-order chi connectivity index (χ0) is 10.7. The minimum Gasteiger partial charge on any atom is -0.313 e. The van der Waals surface area contributed by atoms with Gasteiger partial charge in [0.25, 0.3) is 0 Å². The van der Waals surface area contributed by atoms with E-state index in [1.807, 2.05) is 0 Å². The molecule has 1 nitrogen and oxygen atoms in total. The molecule has 0 heterocycles. The molecule has 15 heavy (non-hydrogen) atoms. The maximum atomic E-state index is 3.82. The van der Waals surface area contributed by atoms with Gasteiger partial charge in [0.15, 0.2) is 0 Å². The molecule has 3 atom stereocenters. The summed E-state index contributed by atoms with van der Waals surface area (Å²) in [4.78, 5) is 0. The van der Waals surface area contributed by atoms with Crippen LogP contribution >= 0.6 is 0 Å². The Morgan fingerprint density at radius 2 is 1.93 bits per heavy atom. The summed E-state index contributed by atoms with van der Waals surface area (Å²) in [5.41, 5.74) is 0. The van der Waals surface area contributed by atoms with Gasteiger partial charge in [-0.2, -0.15) is 0 Å². The van der Waals surface area contributed by atoms with Crippen molar-refractivity contribution in [1.29, 1.82) is 0 Å². The first kappa shape index (κ1) is 11.4. The fourth-order valence-corrected chi connectivity index (χ4v) is 3.29. The number of nitrogens with one attached hydrogen (secondary N) is 1. The van der Waals surface area contributed by atoms with Crippen LogP contribution in [0.25, 0.3) is 0 Å². The summed E-state index contributed by atoms with van der Waals surface area (Å²) in [6.45, 7) is 5.95. The Morgan fingerprint density at radius 3 is 2.53 bits per heavy atom. The highest BCUT2D eigenvalue weighted by Gasteiger charge is 2.37. The Kier molecular flexibility index (Phi) is 4.07. The summed E-state index contributed by atoms with van der Waals surface area (Å²) in [6.07, 6.45) is 10.2. The lowest BCUT2D eigenvalue weighted by molar-refractivity contribution is 0.207. The third-order valence-corrected chi connectivity index (χ3v) is 4.24. The summed E-state index contributed by atoms with van der Waals surface area (Å²) < 4.78 is 0. The molecule has 2 aliphatic carbocycles. The lowest BCUT2D eigenvalue weighted by atomic mass is 9.77. The maximum absolute atomic E-state index is 3.82. The molecule has 0 aromatic rings. The largest absolute Gasteiger partial charge is 0.313 e. The van der Waals surface area contributed by atoms with Crippen LogP contribution in [-0.2, 0) is 0 Å². The van der Waals surface area contributed by atoms with Crippen molar-refractivity contribution in [3.05, 3.63) is 0 Å². The monoisotopic (exact) mass is 209 g/mol. The van der Waals surface area contributed by atoms with Crippen molar-refractivity contribution >= 4 is 0 Å². The van der Waals surface area contributed by atoms with Crippen molar-refractivity contribution in [3.63, 3.8) is 0 Å². The summed E-state index contributed by atoms with van der Waals surface area (Å²) in [5, 5.41) is 3.82. The van der Waals surface area contributed by atoms with Gasteiger partial charge in [-0.25, -0.2) is 0 Å². The lowest BCUT2D eigenvalue weighted by Crippen LogP contribution is -2.40. The molecule has 1 N–H and O–H groups in total. The molecule has 0 radical (unpaired) electrons. The van der Waals surface area contributed by atoms with Crippen LogP contribution in [0.3, 0.4) is 0 Å². The Morgan fingerprint density at radius 1 is 1.13 bits per heavy atom. The quantitative estimate of drug-likeness (QED) is 0.729. The van der Waals surface area contributed by atoms with Gasteiger partial charge in [-0.05, 0) is 56.4 Å². The van der Waals surface area contributed by atoms with Gasteiger partial charge in [-0.3, -0.25) is 0 Å². The van der Waals surface area contributed by atoms with E-state index in [-0.39, 0.29) is 0 Å². The van der Waals surface area contributed by atoms with E-state index < -0.39 is 0 Å². The van der Waals surface area contributed by atoms with Gasteiger partial charge in [-0.15, -0.1) is 0 Å². The highest BCUT2D eigenvalue weighted by atomic mass is 14.9. The second-order valence-electron chi connectivity index (χ2n) is 5.85. The molecule has 3 unspecified atom stereocenters. The normalized spacial score (nSPS) is 34.0. The highest BCUT2D eigenvalue weighted by Crippen LogP contribution is 2.41. The molecule has 0 spiro atoms. The molecule has 2 saturated carbocycles. The summed E-state index contributed by atoms with van der Waals surface area (Å²) in [7, 11) is 0. The van der Waals surface area contributed by atoms with E-state index >= 15 is 0 Å². The standard InChI is InChI=1S/C14H27N/c1-3-9-15-14(12-7-8-12)13-6-4-5-11(2)10-13/h11-15H,3-10H2,1-2H3. The highest BCUT2D eigenvalue weighted by molar-refractivity contribution is 4.92. The van der Waals surface area contributed by atoms with Gasteiger partial charge in [0.2, 0.25) is 0 Å². The van der Waals surface area contributed by atoms with E-state index in [0.29, 0.717) is 0 Å². The third-order valence-electron chi connectivity index (χ3n) is 4.24. The molecular weight excluding hydrogens is 182 g/mol. The van der Waals surface area contributed by atoms with Crippen LogP contribution < -0.4 is 5.32 Å². The van der Waals surface area contributed by atoms with Crippen LogP contribution in [0.4, 0.5) is 0 Å². The third kappa shape index (κ3) is 3.21. The van der Waals surface area contributed by atoms with Crippen molar-refractivity contribution < 1.29 is 0 Å². The van der Waals surface area contributed by atoms with Crippen molar-refractivity contribution in [2.45, 2.75) is 64.8 Å². The molecule has 1 heteroatoms.